The summed E-state index contributed by atoms with van der Waals surface area (Å²) in [7, 11) is 0. The molecule has 2 heterocycles. The second kappa shape index (κ2) is 11.9. The smallest absolute Gasteiger partial charge is 0.188 e. The number of likely N-dealkylation sites (N-methyl/N-ethyl adjacent to an activating group) is 1. The van der Waals surface area contributed by atoms with Gasteiger partial charge in [0.1, 0.15) is 5.82 Å². The molecule has 3 N–H and O–H groups in total. The molecule has 2 saturated heterocycles. The molecule has 2 aliphatic rings. The van der Waals surface area contributed by atoms with Gasteiger partial charge < -0.3 is 15.8 Å². The number of morpholine rings is 1. The molecule has 0 saturated carbocycles. The maximum atomic E-state index is 13.3. The Kier molecular flexibility index (Phi) is 9.90. The summed E-state index contributed by atoms with van der Waals surface area (Å²) in [5, 5.41) is 3.29. The van der Waals surface area contributed by atoms with E-state index in [2.05, 4.69) is 27.0 Å². The molecule has 1 aromatic rings. The van der Waals surface area contributed by atoms with Crippen molar-refractivity contribution in [1.82, 2.24) is 15.1 Å². The van der Waals surface area contributed by atoms with Gasteiger partial charge in [0.2, 0.25) is 0 Å². The van der Waals surface area contributed by atoms with E-state index in [1.54, 1.807) is 0 Å². The highest BCUT2D eigenvalue weighted by Crippen LogP contribution is 2.22. The highest BCUT2D eigenvalue weighted by Gasteiger charge is 2.24. The summed E-state index contributed by atoms with van der Waals surface area (Å²) in [6, 6.07) is 7.31. The molecule has 1 aromatic carbocycles. The first-order valence-electron chi connectivity index (χ1n) is 10.0. The number of aliphatic imine (C=N–C) groups is 1. The van der Waals surface area contributed by atoms with E-state index in [-0.39, 0.29) is 35.8 Å². The first-order valence-corrected chi connectivity index (χ1v) is 10.0. The van der Waals surface area contributed by atoms with Crippen LogP contribution in [0.2, 0.25) is 0 Å². The average molecular weight is 505 g/mol. The zero-order valence-electron chi connectivity index (χ0n) is 16.6. The summed E-state index contributed by atoms with van der Waals surface area (Å²) in [5.74, 6) is 0.263. The van der Waals surface area contributed by atoms with Crippen LogP contribution in [0.25, 0.3) is 0 Å². The largest absolute Gasteiger partial charge is 0.379 e. The molecule has 2 aliphatic heterocycles. The highest BCUT2D eigenvalue weighted by atomic mass is 127. The topological polar surface area (TPSA) is 66.1 Å². The molecule has 0 aromatic heterocycles. The Morgan fingerprint density at radius 2 is 2.00 bits per heavy atom. The lowest BCUT2D eigenvalue weighted by atomic mass is 10.0. The number of halogens is 2. The Morgan fingerprint density at radius 1 is 1.29 bits per heavy atom. The molecular weight excluding hydrogens is 472 g/mol. The Morgan fingerprint density at radius 3 is 2.68 bits per heavy atom. The first-order chi connectivity index (χ1) is 13.2. The molecule has 2 fully saturated rings. The van der Waals surface area contributed by atoms with Crippen molar-refractivity contribution in [2.75, 3.05) is 52.5 Å². The molecule has 0 bridgehead atoms. The number of hydrogen-bond donors (Lipinski definition) is 2. The molecule has 0 spiro atoms. The SMILES string of the molecule is CCN1CCCC1CNC(N)=NCC(c1ccc(F)cc1)N1CCOCC1.I. The summed E-state index contributed by atoms with van der Waals surface area (Å²) in [6.07, 6.45) is 2.46. The van der Waals surface area contributed by atoms with Crippen LogP contribution in [0.1, 0.15) is 31.4 Å². The van der Waals surface area contributed by atoms with Crippen LogP contribution in [0.5, 0.6) is 0 Å². The molecule has 2 atom stereocenters. The maximum Gasteiger partial charge on any atom is 0.188 e. The molecule has 3 rings (SSSR count). The number of likely N-dealkylation sites (tertiary alicyclic amines) is 1. The van der Waals surface area contributed by atoms with Crippen LogP contribution < -0.4 is 11.1 Å². The van der Waals surface area contributed by atoms with E-state index in [0.717, 1.165) is 31.7 Å². The van der Waals surface area contributed by atoms with E-state index in [0.29, 0.717) is 31.8 Å². The predicted octanol–water partition coefficient (Wildman–Crippen LogP) is 2.21. The maximum absolute atomic E-state index is 13.3. The minimum absolute atomic E-state index is 0. The molecule has 6 nitrogen and oxygen atoms in total. The van der Waals surface area contributed by atoms with Gasteiger partial charge in [0.25, 0.3) is 0 Å². The van der Waals surface area contributed by atoms with Crippen LogP contribution in [-0.4, -0.2) is 74.3 Å². The quantitative estimate of drug-likeness (QED) is 0.338. The second-order valence-corrected chi connectivity index (χ2v) is 7.25. The zero-order valence-corrected chi connectivity index (χ0v) is 19.0. The van der Waals surface area contributed by atoms with Crippen LogP contribution in [-0.2, 0) is 4.74 Å². The molecule has 2 unspecified atom stereocenters. The van der Waals surface area contributed by atoms with Crippen molar-refractivity contribution >= 4 is 29.9 Å². The summed E-state index contributed by atoms with van der Waals surface area (Å²) < 4.78 is 18.8. The van der Waals surface area contributed by atoms with Gasteiger partial charge in [-0.2, -0.15) is 0 Å². The number of nitrogens with two attached hydrogens (primary N) is 1. The number of benzene rings is 1. The minimum atomic E-state index is -0.221. The average Bonchev–Trinajstić information content (AvgIpc) is 3.16. The molecule has 0 radical (unpaired) electrons. The van der Waals surface area contributed by atoms with E-state index in [9.17, 15) is 4.39 Å². The fraction of sp³-hybridized carbons (Fsp3) is 0.650. The van der Waals surface area contributed by atoms with Crippen LogP contribution >= 0.6 is 24.0 Å². The summed E-state index contributed by atoms with van der Waals surface area (Å²) >= 11 is 0. The lowest BCUT2D eigenvalue weighted by Gasteiger charge is -2.34. The van der Waals surface area contributed by atoms with Crippen LogP contribution in [0.3, 0.4) is 0 Å². The fourth-order valence-electron chi connectivity index (χ4n) is 4.01. The van der Waals surface area contributed by atoms with Crippen molar-refractivity contribution in [3.05, 3.63) is 35.6 Å². The van der Waals surface area contributed by atoms with Gasteiger partial charge in [-0.05, 0) is 43.6 Å². The van der Waals surface area contributed by atoms with E-state index in [4.69, 9.17) is 10.5 Å². The monoisotopic (exact) mass is 505 g/mol. The van der Waals surface area contributed by atoms with Gasteiger partial charge in [-0.25, -0.2) is 4.39 Å². The predicted molar refractivity (Wildman–Crippen MR) is 122 cm³/mol. The van der Waals surface area contributed by atoms with Crippen LogP contribution in [0.15, 0.2) is 29.3 Å². The fourth-order valence-corrected chi connectivity index (χ4v) is 4.01. The molecule has 0 amide bonds. The number of rotatable bonds is 7. The molecule has 8 heteroatoms. The summed E-state index contributed by atoms with van der Waals surface area (Å²) in [4.78, 5) is 9.42. The third kappa shape index (κ3) is 6.53. The van der Waals surface area contributed by atoms with Gasteiger partial charge >= 0.3 is 0 Å². The van der Waals surface area contributed by atoms with Gasteiger partial charge in [-0.1, -0.05) is 19.1 Å². The lowest BCUT2D eigenvalue weighted by molar-refractivity contribution is 0.0179. The molecule has 28 heavy (non-hydrogen) atoms. The Hall–Kier alpha value is -0.970. The summed E-state index contributed by atoms with van der Waals surface area (Å²) in [6.45, 7) is 8.95. The number of nitrogens with zero attached hydrogens (tertiary/aromatic N) is 3. The van der Waals surface area contributed by atoms with Crippen molar-refractivity contribution in [3.63, 3.8) is 0 Å². The van der Waals surface area contributed by atoms with Crippen LogP contribution in [0, 0.1) is 5.82 Å². The van der Waals surface area contributed by atoms with Crippen molar-refractivity contribution in [3.8, 4) is 0 Å². The Labute approximate surface area is 184 Å². The van der Waals surface area contributed by atoms with Gasteiger partial charge in [-0.15, -0.1) is 24.0 Å². The standard InChI is InChI=1S/C20H32FN5O.HI/c1-2-25-9-3-4-18(25)14-23-20(22)24-15-19(26-10-12-27-13-11-26)16-5-7-17(21)8-6-16;/h5-8,18-19H,2-4,9-15H2,1H3,(H3,22,23,24);1H. The van der Waals surface area contributed by atoms with Gasteiger partial charge in [-0.3, -0.25) is 14.8 Å². The van der Waals surface area contributed by atoms with Crippen molar-refractivity contribution in [1.29, 1.82) is 0 Å². The number of nitrogens with one attached hydrogen (secondary N) is 1. The van der Waals surface area contributed by atoms with Crippen LogP contribution in [0.4, 0.5) is 4.39 Å². The van der Waals surface area contributed by atoms with E-state index >= 15 is 0 Å². The lowest BCUT2D eigenvalue weighted by Crippen LogP contribution is -2.43. The highest BCUT2D eigenvalue weighted by molar-refractivity contribution is 14.0. The van der Waals surface area contributed by atoms with Gasteiger partial charge in [0, 0.05) is 25.7 Å². The second-order valence-electron chi connectivity index (χ2n) is 7.25. The number of guanidine groups is 1. The zero-order chi connectivity index (χ0) is 19.1. The Balaban J connectivity index is 0.00000280. The number of ether oxygens (including phenoxy) is 1. The first kappa shape index (κ1) is 23.3. The minimum Gasteiger partial charge on any atom is -0.379 e. The normalized spacial score (nSPS) is 22.6. The molecule has 158 valence electrons. The summed E-state index contributed by atoms with van der Waals surface area (Å²) in [5.41, 5.74) is 7.19. The third-order valence-electron chi connectivity index (χ3n) is 5.60. The third-order valence-corrected chi connectivity index (χ3v) is 5.60. The van der Waals surface area contributed by atoms with Gasteiger partial charge in [0.15, 0.2) is 5.96 Å². The Bertz CT molecular complexity index is 609. The van der Waals surface area contributed by atoms with E-state index in [1.165, 1.54) is 31.5 Å². The number of hydrogen-bond acceptors (Lipinski definition) is 4. The molecular formula is C20H33FIN5O. The van der Waals surface area contributed by atoms with Crippen molar-refractivity contribution in [2.45, 2.75) is 31.8 Å². The molecule has 0 aliphatic carbocycles. The van der Waals surface area contributed by atoms with E-state index in [1.807, 2.05) is 12.1 Å². The van der Waals surface area contributed by atoms with Crippen molar-refractivity contribution < 1.29 is 9.13 Å². The van der Waals surface area contributed by atoms with Crippen molar-refractivity contribution in [2.24, 2.45) is 10.7 Å². The van der Waals surface area contributed by atoms with Gasteiger partial charge in [0.05, 0.1) is 25.8 Å². The van der Waals surface area contributed by atoms with E-state index < -0.39 is 0 Å².